The van der Waals surface area contributed by atoms with Gasteiger partial charge < -0.3 is 4.74 Å². The van der Waals surface area contributed by atoms with Crippen LogP contribution in [0, 0.1) is 0 Å². The molecule has 1 aromatic carbocycles. The maximum absolute atomic E-state index is 11.6. The van der Waals surface area contributed by atoms with E-state index < -0.39 is 0 Å². The number of hydrogen-bond donors (Lipinski definition) is 0. The minimum Gasteiger partial charge on any atom is -0.462 e. The predicted molar refractivity (Wildman–Crippen MR) is 105 cm³/mol. The van der Waals surface area contributed by atoms with Gasteiger partial charge in [0.1, 0.15) is 6.10 Å². The lowest BCUT2D eigenvalue weighted by Gasteiger charge is -2.13. The second-order valence-corrected chi connectivity index (χ2v) is 6.82. The Bertz CT molecular complexity index is 666. The summed E-state index contributed by atoms with van der Waals surface area (Å²) < 4.78 is 5.40. The standard InChI is InChI=1S/C22H30N2O2/c1-4-6-7-9-19-15-23-22(24-16-19)20-12-10-18(11-13-20)14-17(3)26-21(25)8-5-2/h10-13,15-17H,4-9,14H2,1-3H3. The molecule has 0 spiro atoms. The Labute approximate surface area is 157 Å². The van der Waals surface area contributed by atoms with E-state index in [4.69, 9.17) is 4.74 Å². The van der Waals surface area contributed by atoms with Crippen molar-refractivity contribution in [2.75, 3.05) is 0 Å². The predicted octanol–water partition coefficient (Wildman–Crippen LogP) is 5.15. The molecule has 2 aromatic rings. The SMILES string of the molecule is CCCCCc1cnc(-c2ccc(CC(C)OC(=O)CCC)cc2)nc1. The summed E-state index contributed by atoms with van der Waals surface area (Å²) >= 11 is 0. The molecule has 26 heavy (non-hydrogen) atoms. The normalized spacial score (nSPS) is 12.0. The first kappa shape index (κ1) is 20.1. The minimum absolute atomic E-state index is 0.112. The summed E-state index contributed by atoms with van der Waals surface area (Å²) in [5.74, 6) is 0.627. The molecule has 0 aliphatic carbocycles. The molecule has 1 atom stereocenters. The van der Waals surface area contributed by atoms with Gasteiger partial charge in [0, 0.05) is 30.8 Å². The zero-order valence-corrected chi connectivity index (χ0v) is 16.2. The van der Waals surface area contributed by atoms with Gasteiger partial charge in [0.15, 0.2) is 5.82 Å². The molecular formula is C22H30N2O2. The Morgan fingerprint density at radius 3 is 2.31 bits per heavy atom. The number of esters is 1. The van der Waals surface area contributed by atoms with Crippen molar-refractivity contribution in [3.63, 3.8) is 0 Å². The summed E-state index contributed by atoms with van der Waals surface area (Å²) in [6, 6.07) is 8.17. The van der Waals surface area contributed by atoms with Crippen LogP contribution in [0.5, 0.6) is 0 Å². The third-order valence-electron chi connectivity index (χ3n) is 4.30. The average molecular weight is 354 g/mol. The zero-order chi connectivity index (χ0) is 18.8. The van der Waals surface area contributed by atoms with Crippen molar-refractivity contribution < 1.29 is 9.53 Å². The molecule has 0 aliphatic rings. The van der Waals surface area contributed by atoms with E-state index in [1.54, 1.807) is 0 Å². The highest BCUT2D eigenvalue weighted by Gasteiger charge is 2.10. The molecule has 1 heterocycles. The molecule has 0 saturated carbocycles. The summed E-state index contributed by atoms with van der Waals surface area (Å²) in [5, 5.41) is 0. The van der Waals surface area contributed by atoms with Crippen LogP contribution < -0.4 is 0 Å². The maximum atomic E-state index is 11.6. The van der Waals surface area contributed by atoms with Crippen molar-refractivity contribution in [2.45, 2.75) is 71.8 Å². The summed E-state index contributed by atoms with van der Waals surface area (Å²) in [7, 11) is 0. The van der Waals surface area contributed by atoms with Crippen molar-refractivity contribution >= 4 is 5.97 Å². The Balaban J connectivity index is 1.91. The second kappa shape index (κ2) is 10.7. The minimum atomic E-state index is -0.121. The van der Waals surface area contributed by atoms with Gasteiger partial charge >= 0.3 is 5.97 Å². The molecule has 0 bridgehead atoms. The highest BCUT2D eigenvalue weighted by molar-refractivity contribution is 5.69. The van der Waals surface area contributed by atoms with Gasteiger partial charge in [-0.25, -0.2) is 9.97 Å². The van der Waals surface area contributed by atoms with Crippen LogP contribution in [0.15, 0.2) is 36.7 Å². The van der Waals surface area contributed by atoms with E-state index in [-0.39, 0.29) is 12.1 Å². The van der Waals surface area contributed by atoms with Gasteiger partial charge in [-0.05, 0) is 37.3 Å². The molecule has 4 nitrogen and oxygen atoms in total. The summed E-state index contributed by atoms with van der Waals surface area (Å²) in [5.41, 5.74) is 3.34. The monoisotopic (exact) mass is 354 g/mol. The summed E-state index contributed by atoms with van der Waals surface area (Å²) in [6.07, 6.45) is 10.5. The largest absolute Gasteiger partial charge is 0.462 e. The molecule has 0 aliphatic heterocycles. The first-order valence-corrected chi connectivity index (χ1v) is 9.72. The second-order valence-electron chi connectivity index (χ2n) is 6.82. The number of ether oxygens (including phenoxy) is 1. The zero-order valence-electron chi connectivity index (χ0n) is 16.2. The third-order valence-corrected chi connectivity index (χ3v) is 4.30. The van der Waals surface area contributed by atoms with Gasteiger partial charge in [-0.3, -0.25) is 4.79 Å². The molecular weight excluding hydrogens is 324 g/mol. The van der Waals surface area contributed by atoms with Gasteiger partial charge in [-0.15, -0.1) is 0 Å². The van der Waals surface area contributed by atoms with Crippen molar-refractivity contribution in [1.82, 2.24) is 9.97 Å². The lowest BCUT2D eigenvalue weighted by molar-refractivity contribution is -0.148. The van der Waals surface area contributed by atoms with Crippen molar-refractivity contribution in [2.24, 2.45) is 0 Å². The van der Waals surface area contributed by atoms with E-state index in [2.05, 4.69) is 29.0 Å². The van der Waals surface area contributed by atoms with Crippen molar-refractivity contribution in [3.05, 3.63) is 47.8 Å². The fourth-order valence-corrected chi connectivity index (χ4v) is 2.86. The summed E-state index contributed by atoms with van der Waals surface area (Å²) in [6.45, 7) is 6.12. The lowest BCUT2D eigenvalue weighted by Crippen LogP contribution is -2.16. The number of nitrogens with zero attached hydrogens (tertiary/aromatic N) is 2. The molecule has 4 heteroatoms. The Morgan fingerprint density at radius 1 is 1.00 bits per heavy atom. The summed E-state index contributed by atoms with van der Waals surface area (Å²) in [4.78, 5) is 20.5. The topological polar surface area (TPSA) is 52.1 Å². The van der Waals surface area contributed by atoms with Gasteiger partial charge in [0.05, 0.1) is 0 Å². The van der Waals surface area contributed by atoms with E-state index >= 15 is 0 Å². The number of aromatic nitrogens is 2. The molecule has 2 rings (SSSR count). The highest BCUT2D eigenvalue weighted by atomic mass is 16.5. The number of benzene rings is 1. The maximum Gasteiger partial charge on any atom is 0.306 e. The number of unbranched alkanes of at least 4 members (excludes halogenated alkanes) is 2. The molecule has 1 unspecified atom stereocenters. The van der Waals surface area contributed by atoms with Crippen LogP contribution >= 0.6 is 0 Å². The van der Waals surface area contributed by atoms with Gasteiger partial charge in [0.25, 0.3) is 0 Å². The Kier molecular flexibility index (Phi) is 8.26. The number of rotatable bonds is 10. The van der Waals surface area contributed by atoms with E-state index in [9.17, 15) is 4.79 Å². The molecule has 140 valence electrons. The molecule has 0 amide bonds. The number of carbonyl (C=O) groups excluding carboxylic acids is 1. The fraction of sp³-hybridized carbons (Fsp3) is 0.500. The number of hydrogen-bond acceptors (Lipinski definition) is 4. The molecule has 0 radical (unpaired) electrons. The van der Waals surface area contributed by atoms with E-state index in [0.717, 1.165) is 29.8 Å². The van der Waals surface area contributed by atoms with E-state index in [1.807, 2.05) is 38.4 Å². The van der Waals surface area contributed by atoms with Crippen LogP contribution in [-0.4, -0.2) is 22.0 Å². The fourth-order valence-electron chi connectivity index (χ4n) is 2.86. The molecule has 1 aromatic heterocycles. The molecule has 0 N–H and O–H groups in total. The Hall–Kier alpha value is -2.23. The lowest BCUT2D eigenvalue weighted by atomic mass is 10.1. The number of aryl methyl sites for hydroxylation is 1. The first-order chi connectivity index (χ1) is 12.6. The van der Waals surface area contributed by atoms with Crippen molar-refractivity contribution in [1.29, 1.82) is 0 Å². The van der Waals surface area contributed by atoms with Crippen LogP contribution in [0.25, 0.3) is 11.4 Å². The van der Waals surface area contributed by atoms with Crippen LogP contribution in [0.3, 0.4) is 0 Å². The van der Waals surface area contributed by atoms with Crippen LogP contribution in [-0.2, 0) is 22.4 Å². The Morgan fingerprint density at radius 2 is 1.69 bits per heavy atom. The smallest absolute Gasteiger partial charge is 0.306 e. The average Bonchev–Trinajstić information content (AvgIpc) is 2.63. The number of carbonyl (C=O) groups is 1. The van der Waals surface area contributed by atoms with Gasteiger partial charge in [-0.2, -0.15) is 0 Å². The molecule has 0 saturated heterocycles. The third kappa shape index (κ3) is 6.58. The highest BCUT2D eigenvalue weighted by Crippen LogP contribution is 2.17. The van der Waals surface area contributed by atoms with Gasteiger partial charge in [-0.1, -0.05) is 51.0 Å². The first-order valence-electron chi connectivity index (χ1n) is 9.72. The molecule has 0 fully saturated rings. The van der Waals surface area contributed by atoms with Gasteiger partial charge in [0.2, 0.25) is 0 Å². The van der Waals surface area contributed by atoms with E-state index in [1.165, 1.54) is 24.8 Å². The van der Waals surface area contributed by atoms with E-state index in [0.29, 0.717) is 12.8 Å². The van der Waals surface area contributed by atoms with Crippen LogP contribution in [0.1, 0.15) is 64.0 Å². The van der Waals surface area contributed by atoms with Crippen LogP contribution in [0.4, 0.5) is 0 Å². The van der Waals surface area contributed by atoms with Crippen molar-refractivity contribution in [3.8, 4) is 11.4 Å². The quantitative estimate of drug-likeness (QED) is 0.437. The van der Waals surface area contributed by atoms with Crippen LogP contribution in [0.2, 0.25) is 0 Å².